The number of carbonyl (C=O) groups is 3. The number of fused-ring (bicyclic) bond motifs is 1. The molecule has 2 N–H and O–H groups in total. The van der Waals surface area contributed by atoms with E-state index in [1.165, 1.54) is 4.90 Å². The minimum Gasteiger partial charge on any atom is -0.388 e. The van der Waals surface area contributed by atoms with Crippen LogP contribution in [0.4, 0.5) is 5.69 Å². The number of amides is 2. The van der Waals surface area contributed by atoms with Gasteiger partial charge in [0.1, 0.15) is 30.9 Å². The first-order valence-electron chi connectivity index (χ1n) is 12.7. The zero-order valence-electron chi connectivity index (χ0n) is 21.1. The summed E-state index contributed by atoms with van der Waals surface area (Å²) in [5.74, 6) is -1.03. The van der Waals surface area contributed by atoms with Crippen LogP contribution in [0.25, 0.3) is 0 Å². The number of aliphatic hydroxyl groups excluding tert-OH is 1. The number of ether oxygens (including phenoxy) is 1. The molecule has 0 radical (unpaired) electrons. The summed E-state index contributed by atoms with van der Waals surface area (Å²) in [5.41, 5.74) is 1.56. The highest BCUT2D eigenvalue weighted by atomic mass is 16.5. The van der Waals surface area contributed by atoms with Gasteiger partial charge < -0.3 is 25.0 Å². The number of hydrogen-bond donors (Lipinski definition) is 2. The molecule has 1 aromatic rings. The standard InChI is InChI=1S/C26H38N4O5/c1-5-17(4)22(26(34)30-14-20(31)24-23(30)21(32)15-35-24)27-25(33)18-6-8-19(9-7-18)29-12-10-28(11-13-29)16(2)3/h6-9,16-17,20,22-24,31H,5,10-15H2,1-4H3,(H,27,33)/t17-,20+,22-,23+,24+/m0/s1. The van der Waals surface area contributed by atoms with Gasteiger partial charge in [0.2, 0.25) is 5.91 Å². The maximum Gasteiger partial charge on any atom is 0.251 e. The quantitative estimate of drug-likeness (QED) is 0.590. The molecule has 5 atom stereocenters. The average molecular weight is 487 g/mol. The number of piperazine rings is 1. The van der Waals surface area contributed by atoms with E-state index >= 15 is 0 Å². The van der Waals surface area contributed by atoms with E-state index in [0.717, 1.165) is 31.9 Å². The summed E-state index contributed by atoms with van der Waals surface area (Å²) in [6.45, 7) is 12.1. The Kier molecular flexibility index (Phi) is 7.78. The number of rotatable bonds is 7. The summed E-state index contributed by atoms with van der Waals surface area (Å²) in [6.07, 6.45) is -0.916. The number of aliphatic hydroxyl groups is 1. The first-order valence-corrected chi connectivity index (χ1v) is 12.7. The third-order valence-electron chi connectivity index (χ3n) is 7.75. The first-order chi connectivity index (χ1) is 16.7. The fraction of sp³-hybridized carbons (Fsp3) is 0.654. The highest BCUT2D eigenvalue weighted by Crippen LogP contribution is 2.29. The molecule has 0 bridgehead atoms. The van der Waals surface area contributed by atoms with Crippen molar-refractivity contribution < 1.29 is 24.2 Å². The van der Waals surface area contributed by atoms with Crippen molar-refractivity contribution in [1.29, 1.82) is 0 Å². The molecule has 1 aromatic carbocycles. The van der Waals surface area contributed by atoms with Gasteiger partial charge in [0, 0.05) is 43.5 Å². The summed E-state index contributed by atoms with van der Waals surface area (Å²) >= 11 is 0. The van der Waals surface area contributed by atoms with Crippen molar-refractivity contribution >= 4 is 23.3 Å². The van der Waals surface area contributed by atoms with Crippen molar-refractivity contribution in [3.63, 3.8) is 0 Å². The lowest BCUT2D eigenvalue weighted by molar-refractivity contribution is -0.139. The molecular weight excluding hydrogens is 448 g/mol. The van der Waals surface area contributed by atoms with Crippen LogP contribution in [0.3, 0.4) is 0 Å². The second-order valence-corrected chi connectivity index (χ2v) is 10.2. The van der Waals surface area contributed by atoms with Crippen LogP contribution in [0.1, 0.15) is 44.5 Å². The van der Waals surface area contributed by atoms with Crippen molar-refractivity contribution in [1.82, 2.24) is 15.1 Å². The van der Waals surface area contributed by atoms with E-state index in [-0.39, 0.29) is 36.7 Å². The van der Waals surface area contributed by atoms with E-state index in [2.05, 4.69) is 29.0 Å². The molecule has 3 heterocycles. The molecule has 4 rings (SSSR count). The van der Waals surface area contributed by atoms with Crippen LogP contribution in [-0.2, 0) is 14.3 Å². The number of nitrogens with one attached hydrogen (secondary N) is 1. The van der Waals surface area contributed by atoms with Crippen LogP contribution in [0.5, 0.6) is 0 Å². The number of nitrogens with zero attached hydrogens (tertiary/aromatic N) is 3. The van der Waals surface area contributed by atoms with Gasteiger partial charge >= 0.3 is 0 Å². The number of likely N-dealkylation sites (tertiary alicyclic amines) is 1. The molecule has 0 unspecified atom stereocenters. The summed E-state index contributed by atoms with van der Waals surface area (Å²) in [6, 6.07) is 6.46. The lowest BCUT2D eigenvalue weighted by atomic mass is 9.96. The molecule has 2 amide bonds. The van der Waals surface area contributed by atoms with Crippen molar-refractivity contribution in [3.8, 4) is 0 Å². The third-order valence-corrected chi connectivity index (χ3v) is 7.75. The van der Waals surface area contributed by atoms with E-state index in [9.17, 15) is 19.5 Å². The van der Waals surface area contributed by atoms with Crippen molar-refractivity contribution in [2.24, 2.45) is 5.92 Å². The van der Waals surface area contributed by atoms with E-state index in [1.807, 2.05) is 26.0 Å². The molecule has 3 aliphatic rings. The number of benzene rings is 1. The Morgan fingerprint density at radius 1 is 1.11 bits per heavy atom. The van der Waals surface area contributed by atoms with E-state index in [4.69, 9.17) is 4.74 Å². The van der Waals surface area contributed by atoms with Gasteiger partial charge in [-0.05, 0) is 44.0 Å². The first kappa shape index (κ1) is 25.6. The minimum absolute atomic E-state index is 0.0292. The fourth-order valence-electron chi connectivity index (χ4n) is 5.26. The molecule has 0 spiro atoms. The van der Waals surface area contributed by atoms with Crippen LogP contribution < -0.4 is 10.2 Å². The van der Waals surface area contributed by atoms with Gasteiger partial charge in [-0.3, -0.25) is 19.3 Å². The van der Waals surface area contributed by atoms with Gasteiger partial charge in [0.15, 0.2) is 5.78 Å². The van der Waals surface area contributed by atoms with Crippen LogP contribution in [-0.4, -0.2) is 102 Å². The molecule has 9 nitrogen and oxygen atoms in total. The van der Waals surface area contributed by atoms with Crippen LogP contribution in [0, 0.1) is 5.92 Å². The smallest absolute Gasteiger partial charge is 0.251 e. The van der Waals surface area contributed by atoms with Gasteiger partial charge in [-0.1, -0.05) is 20.3 Å². The Labute approximate surface area is 207 Å². The molecule has 9 heteroatoms. The normalized spacial score (nSPS) is 26.7. The lowest BCUT2D eigenvalue weighted by Crippen LogP contribution is -2.54. The van der Waals surface area contributed by atoms with E-state index in [0.29, 0.717) is 18.0 Å². The number of ketones is 1. The Morgan fingerprint density at radius 3 is 2.37 bits per heavy atom. The zero-order valence-corrected chi connectivity index (χ0v) is 21.1. The fourth-order valence-corrected chi connectivity index (χ4v) is 5.26. The topological polar surface area (TPSA) is 102 Å². The highest BCUT2D eigenvalue weighted by molar-refractivity contribution is 5.99. The molecular formula is C26H38N4O5. The average Bonchev–Trinajstić information content (AvgIpc) is 3.41. The van der Waals surface area contributed by atoms with Crippen molar-refractivity contribution in [2.45, 2.75) is 64.4 Å². The Balaban J connectivity index is 1.42. The summed E-state index contributed by atoms with van der Waals surface area (Å²) < 4.78 is 5.39. The number of Topliss-reactive ketones (excluding diaryl/α,β-unsaturated/α-hetero) is 1. The maximum absolute atomic E-state index is 13.5. The molecule has 0 saturated carbocycles. The summed E-state index contributed by atoms with van der Waals surface area (Å²) in [7, 11) is 0. The third kappa shape index (κ3) is 5.22. The molecule has 3 saturated heterocycles. The van der Waals surface area contributed by atoms with Gasteiger partial charge in [-0.2, -0.15) is 0 Å². The van der Waals surface area contributed by atoms with Crippen LogP contribution in [0.2, 0.25) is 0 Å². The van der Waals surface area contributed by atoms with Gasteiger partial charge in [-0.15, -0.1) is 0 Å². The molecule has 35 heavy (non-hydrogen) atoms. The second-order valence-electron chi connectivity index (χ2n) is 10.2. The highest BCUT2D eigenvalue weighted by Gasteiger charge is 2.53. The van der Waals surface area contributed by atoms with Crippen LogP contribution >= 0.6 is 0 Å². The maximum atomic E-state index is 13.5. The number of anilines is 1. The zero-order chi connectivity index (χ0) is 25.3. The number of β-amino-alcohol motifs (C(OH)–C–C–N with tert-alkyl or cyclic N) is 1. The predicted octanol–water partition coefficient (Wildman–Crippen LogP) is 0.901. The van der Waals surface area contributed by atoms with Gasteiger partial charge in [0.05, 0.1) is 6.54 Å². The number of hydrogen-bond acceptors (Lipinski definition) is 7. The molecule has 0 aromatic heterocycles. The van der Waals surface area contributed by atoms with E-state index in [1.54, 1.807) is 12.1 Å². The van der Waals surface area contributed by atoms with E-state index < -0.39 is 24.3 Å². The monoisotopic (exact) mass is 486 g/mol. The Hall–Kier alpha value is -2.49. The Morgan fingerprint density at radius 2 is 1.77 bits per heavy atom. The largest absolute Gasteiger partial charge is 0.388 e. The van der Waals surface area contributed by atoms with Gasteiger partial charge in [-0.25, -0.2) is 0 Å². The molecule has 3 fully saturated rings. The molecule has 0 aliphatic carbocycles. The summed E-state index contributed by atoms with van der Waals surface area (Å²) in [5, 5.41) is 13.2. The predicted molar refractivity (Wildman–Crippen MR) is 132 cm³/mol. The lowest BCUT2D eigenvalue weighted by Gasteiger charge is -2.38. The minimum atomic E-state index is -0.904. The number of carbonyl (C=O) groups excluding carboxylic acids is 3. The second kappa shape index (κ2) is 10.6. The molecule has 192 valence electrons. The molecule has 3 aliphatic heterocycles. The summed E-state index contributed by atoms with van der Waals surface area (Å²) in [4.78, 5) is 45.1. The van der Waals surface area contributed by atoms with Crippen molar-refractivity contribution in [2.75, 3.05) is 44.2 Å². The van der Waals surface area contributed by atoms with Crippen LogP contribution in [0.15, 0.2) is 24.3 Å². The SMILES string of the molecule is CC[C@H](C)[C@H](NC(=O)c1ccc(N2CCN(C(C)C)CC2)cc1)C(=O)N1C[C@@H](O)[C@H]2OCC(=O)[C@H]21. The Bertz CT molecular complexity index is 928. The van der Waals surface area contributed by atoms with Gasteiger partial charge in [0.25, 0.3) is 5.91 Å². The van der Waals surface area contributed by atoms with Crippen molar-refractivity contribution in [3.05, 3.63) is 29.8 Å².